The topological polar surface area (TPSA) is 67.9 Å². The van der Waals surface area contributed by atoms with Crippen LogP contribution in [-0.4, -0.2) is 44.0 Å². The maximum atomic E-state index is 12.1. The first-order valence-electron chi connectivity index (χ1n) is 8.24. The van der Waals surface area contributed by atoms with Crippen LogP contribution in [0.5, 0.6) is 11.5 Å². The van der Waals surface area contributed by atoms with Crippen molar-refractivity contribution < 1.29 is 19.1 Å². The van der Waals surface area contributed by atoms with Gasteiger partial charge in [0.1, 0.15) is 0 Å². The fourth-order valence-corrected chi connectivity index (χ4v) is 2.32. The number of carbonyl (C=O) groups excluding carboxylic acids is 2. The number of unbranched alkanes of at least 4 members (excludes halogenated alkanes) is 2. The third-order valence-corrected chi connectivity index (χ3v) is 3.75. The van der Waals surface area contributed by atoms with Crippen molar-refractivity contribution in [3.8, 4) is 11.5 Å². The second-order valence-electron chi connectivity index (χ2n) is 5.61. The van der Waals surface area contributed by atoms with E-state index in [4.69, 9.17) is 9.47 Å². The van der Waals surface area contributed by atoms with Crippen LogP contribution in [0.3, 0.4) is 0 Å². The Morgan fingerprint density at radius 1 is 1.12 bits per heavy atom. The Kier molecular flexibility index (Phi) is 8.68. The summed E-state index contributed by atoms with van der Waals surface area (Å²) in [7, 11) is 3.15. The molecular formula is C18H28N2O4. The van der Waals surface area contributed by atoms with E-state index in [1.165, 1.54) is 6.92 Å². The Hall–Kier alpha value is -2.24. The summed E-state index contributed by atoms with van der Waals surface area (Å²) in [5, 5.41) is 2.83. The Morgan fingerprint density at radius 3 is 2.42 bits per heavy atom. The van der Waals surface area contributed by atoms with Gasteiger partial charge < -0.3 is 19.7 Å². The SMILES string of the molecule is CCCCCN(CC(=O)NCc1ccc(OC)c(OC)c1)C(C)=O. The standard InChI is InChI=1S/C18H28N2O4/c1-5-6-7-10-20(14(2)21)13-18(22)19-12-15-8-9-16(23-3)17(11-15)24-4/h8-9,11H,5-7,10,12-13H2,1-4H3,(H,19,22). The molecular weight excluding hydrogens is 308 g/mol. The van der Waals surface area contributed by atoms with E-state index in [0.717, 1.165) is 24.8 Å². The zero-order valence-corrected chi connectivity index (χ0v) is 15.1. The van der Waals surface area contributed by atoms with Gasteiger partial charge in [0.05, 0.1) is 20.8 Å². The van der Waals surface area contributed by atoms with Crippen molar-refractivity contribution in [2.45, 2.75) is 39.7 Å². The molecule has 2 amide bonds. The van der Waals surface area contributed by atoms with E-state index in [0.29, 0.717) is 24.6 Å². The number of benzene rings is 1. The van der Waals surface area contributed by atoms with Crippen LogP contribution in [0.1, 0.15) is 38.7 Å². The van der Waals surface area contributed by atoms with Crippen molar-refractivity contribution >= 4 is 11.8 Å². The molecule has 24 heavy (non-hydrogen) atoms. The first kappa shape index (κ1) is 19.8. The molecule has 1 rings (SSSR count). The van der Waals surface area contributed by atoms with E-state index >= 15 is 0 Å². The summed E-state index contributed by atoms with van der Waals surface area (Å²) in [6.07, 6.45) is 3.05. The van der Waals surface area contributed by atoms with E-state index in [-0.39, 0.29) is 18.4 Å². The number of methoxy groups -OCH3 is 2. The van der Waals surface area contributed by atoms with Crippen molar-refractivity contribution in [3.05, 3.63) is 23.8 Å². The number of carbonyl (C=O) groups is 2. The minimum atomic E-state index is -0.170. The van der Waals surface area contributed by atoms with E-state index in [1.54, 1.807) is 25.2 Å². The molecule has 1 N–H and O–H groups in total. The number of nitrogens with zero attached hydrogens (tertiary/aromatic N) is 1. The van der Waals surface area contributed by atoms with E-state index in [9.17, 15) is 9.59 Å². The molecule has 134 valence electrons. The zero-order valence-electron chi connectivity index (χ0n) is 15.1. The van der Waals surface area contributed by atoms with Crippen LogP contribution in [0.4, 0.5) is 0 Å². The van der Waals surface area contributed by atoms with Crippen molar-refractivity contribution in [2.75, 3.05) is 27.3 Å². The average Bonchev–Trinajstić information content (AvgIpc) is 2.58. The minimum Gasteiger partial charge on any atom is -0.493 e. The van der Waals surface area contributed by atoms with Gasteiger partial charge in [-0.15, -0.1) is 0 Å². The Morgan fingerprint density at radius 2 is 1.83 bits per heavy atom. The molecule has 6 heteroatoms. The quantitative estimate of drug-likeness (QED) is 0.666. The molecule has 0 bridgehead atoms. The lowest BCUT2D eigenvalue weighted by Crippen LogP contribution is -2.40. The molecule has 0 radical (unpaired) electrons. The molecule has 0 spiro atoms. The average molecular weight is 336 g/mol. The molecule has 1 aromatic carbocycles. The van der Waals surface area contributed by atoms with Gasteiger partial charge in [-0.3, -0.25) is 9.59 Å². The van der Waals surface area contributed by atoms with Crippen LogP contribution in [-0.2, 0) is 16.1 Å². The first-order chi connectivity index (χ1) is 11.5. The van der Waals surface area contributed by atoms with Crippen molar-refractivity contribution in [1.29, 1.82) is 0 Å². The molecule has 0 saturated heterocycles. The number of nitrogens with one attached hydrogen (secondary N) is 1. The molecule has 0 fully saturated rings. The molecule has 0 heterocycles. The molecule has 0 aliphatic carbocycles. The van der Waals surface area contributed by atoms with Crippen LogP contribution < -0.4 is 14.8 Å². The second kappa shape index (κ2) is 10.5. The van der Waals surface area contributed by atoms with Crippen LogP contribution in [0.25, 0.3) is 0 Å². The van der Waals surface area contributed by atoms with Gasteiger partial charge in [-0.05, 0) is 24.1 Å². The van der Waals surface area contributed by atoms with Gasteiger partial charge in [0, 0.05) is 20.0 Å². The van der Waals surface area contributed by atoms with Crippen molar-refractivity contribution in [3.63, 3.8) is 0 Å². The summed E-state index contributed by atoms with van der Waals surface area (Å²) in [6, 6.07) is 5.49. The van der Waals surface area contributed by atoms with Gasteiger partial charge in [0.2, 0.25) is 11.8 Å². The first-order valence-corrected chi connectivity index (χ1v) is 8.24. The zero-order chi connectivity index (χ0) is 17.9. The van der Waals surface area contributed by atoms with Gasteiger partial charge in [-0.1, -0.05) is 25.8 Å². The molecule has 0 aromatic heterocycles. The van der Waals surface area contributed by atoms with Crippen LogP contribution in [0.2, 0.25) is 0 Å². The van der Waals surface area contributed by atoms with Crippen LogP contribution in [0.15, 0.2) is 18.2 Å². The van der Waals surface area contributed by atoms with Crippen molar-refractivity contribution in [1.82, 2.24) is 10.2 Å². The van der Waals surface area contributed by atoms with Crippen LogP contribution in [0, 0.1) is 0 Å². The summed E-state index contributed by atoms with van der Waals surface area (Å²) in [5.41, 5.74) is 0.904. The van der Waals surface area contributed by atoms with E-state index in [1.807, 2.05) is 12.1 Å². The lowest BCUT2D eigenvalue weighted by Gasteiger charge is -2.20. The third-order valence-electron chi connectivity index (χ3n) is 3.75. The summed E-state index contributed by atoms with van der Waals surface area (Å²) in [4.78, 5) is 25.3. The van der Waals surface area contributed by atoms with Gasteiger partial charge in [-0.25, -0.2) is 0 Å². The molecule has 6 nitrogen and oxygen atoms in total. The largest absolute Gasteiger partial charge is 0.493 e. The highest BCUT2D eigenvalue weighted by Gasteiger charge is 2.13. The number of ether oxygens (including phenoxy) is 2. The molecule has 1 aromatic rings. The lowest BCUT2D eigenvalue weighted by atomic mass is 10.2. The smallest absolute Gasteiger partial charge is 0.239 e. The molecule has 0 aliphatic heterocycles. The highest BCUT2D eigenvalue weighted by Crippen LogP contribution is 2.27. The molecule has 0 unspecified atom stereocenters. The van der Waals surface area contributed by atoms with Gasteiger partial charge in [0.25, 0.3) is 0 Å². The number of hydrogen-bond acceptors (Lipinski definition) is 4. The summed E-state index contributed by atoms with van der Waals surface area (Å²) in [5.74, 6) is 1.02. The second-order valence-corrected chi connectivity index (χ2v) is 5.61. The lowest BCUT2D eigenvalue weighted by molar-refractivity contribution is -0.134. The number of rotatable bonds is 10. The summed E-state index contributed by atoms with van der Waals surface area (Å²) in [6.45, 7) is 4.68. The predicted molar refractivity (Wildman–Crippen MR) is 93.2 cm³/mol. The number of amides is 2. The molecule has 0 aliphatic rings. The fourth-order valence-electron chi connectivity index (χ4n) is 2.32. The Labute approximate surface area is 144 Å². The highest BCUT2D eigenvalue weighted by atomic mass is 16.5. The highest BCUT2D eigenvalue weighted by molar-refractivity contribution is 5.83. The third kappa shape index (κ3) is 6.48. The van der Waals surface area contributed by atoms with Gasteiger partial charge in [0.15, 0.2) is 11.5 Å². The Balaban J connectivity index is 2.53. The summed E-state index contributed by atoms with van der Waals surface area (Å²) < 4.78 is 10.4. The maximum Gasteiger partial charge on any atom is 0.239 e. The maximum absolute atomic E-state index is 12.1. The fraction of sp³-hybridized carbons (Fsp3) is 0.556. The van der Waals surface area contributed by atoms with Crippen molar-refractivity contribution in [2.24, 2.45) is 0 Å². The van der Waals surface area contributed by atoms with Gasteiger partial charge >= 0.3 is 0 Å². The monoisotopic (exact) mass is 336 g/mol. The van der Waals surface area contributed by atoms with Gasteiger partial charge in [-0.2, -0.15) is 0 Å². The number of hydrogen-bond donors (Lipinski definition) is 1. The predicted octanol–water partition coefficient (Wildman–Crippen LogP) is 2.36. The van der Waals surface area contributed by atoms with E-state index < -0.39 is 0 Å². The van der Waals surface area contributed by atoms with E-state index in [2.05, 4.69) is 12.2 Å². The molecule has 0 saturated carbocycles. The summed E-state index contributed by atoms with van der Waals surface area (Å²) >= 11 is 0. The van der Waals surface area contributed by atoms with Crippen LogP contribution >= 0.6 is 0 Å². The molecule has 0 atom stereocenters. The minimum absolute atomic E-state index is 0.0765. The normalized spacial score (nSPS) is 10.2. The Bertz CT molecular complexity index is 546.